The van der Waals surface area contributed by atoms with Crippen molar-refractivity contribution in [2.45, 2.75) is 12.6 Å². The summed E-state index contributed by atoms with van der Waals surface area (Å²) in [7, 11) is 3.08. The van der Waals surface area contributed by atoms with Crippen LogP contribution in [0.15, 0.2) is 71.5 Å². The highest BCUT2D eigenvalue weighted by Gasteiger charge is 2.15. The third-order valence-electron chi connectivity index (χ3n) is 5.07. The fraction of sp³-hybridized carbons (Fsp3) is 0.167. The molecule has 7 heteroatoms. The number of H-pyrrole nitrogens is 1. The molecule has 1 atom stereocenters. The number of nitrogens with zero attached hydrogens (tertiary/aromatic N) is 1. The topological polar surface area (TPSA) is 76.2 Å². The SMILES string of the molecule is COc1cc2nc(CNC(c3ccccc3)c3ccc(Cl)cc3)[nH]c(=O)c2cc1OC. The second-order valence-corrected chi connectivity index (χ2v) is 7.45. The van der Waals surface area contributed by atoms with Gasteiger partial charge in [-0.25, -0.2) is 4.98 Å². The molecule has 0 spiro atoms. The van der Waals surface area contributed by atoms with Crippen LogP contribution in [0.5, 0.6) is 11.5 Å². The summed E-state index contributed by atoms with van der Waals surface area (Å²) in [6.45, 7) is 0.363. The molecule has 0 bridgehead atoms. The summed E-state index contributed by atoms with van der Waals surface area (Å²) >= 11 is 6.07. The van der Waals surface area contributed by atoms with Gasteiger partial charge in [0.05, 0.1) is 37.7 Å². The first-order valence-corrected chi connectivity index (χ1v) is 10.2. The number of hydrogen-bond donors (Lipinski definition) is 2. The molecule has 6 nitrogen and oxygen atoms in total. The number of halogens is 1. The van der Waals surface area contributed by atoms with Gasteiger partial charge < -0.3 is 14.5 Å². The molecule has 0 aliphatic heterocycles. The molecule has 0 aliphatic carbocycles. The van der Waals surface area contributed by atoms with Gasteiger partial charge in [-0.3, -0.25) is 10.1 Å². The lowest BCUT2D eigenvalue weighted by atomic mass is 9.99. The molecule has 4 aromatic rings. The van der Waals surface area contributed by atoms with E-state index in [0.717, 1.165) is 11.1 Å². The van der Waals surface area contributed by atoms with E-state index >= 15 is 0 Å². The van der Waals surface area contributed by atoms with Crippen molar-refractivity contribution in [2.75, 3.05) is 14.2 Å². The van der Waals surface area contributed by atoms with E-state index in [0.29, 0.717) is 39.8 Å². The van der Waals surface area contributed by atoms with Gasteiger partial charge in [-0.2, -0.15) is 0 Å². The maximum atomic E-state index is 12.7. The quantitative estimate of drug-likeness (QED) is 0.448. The van der Waals surface area contributed by atoms with Crippen LogP contribution < -0.4 is 20.3 Å². The Bertz CT molecular complexity index is 1240. The number of hydrogen-bond acceptors (Lipinski definition) is 5. The Morgan fingerprint density at radius 1 is 0.968 bits per heavy atom. The van der Waals surface area contributed by atoms with Crippen molar-refractivity contribution in [3.63, 3.8) is 0 Å². The van der Waals surface area contributed by atoms with Gasteiger partial charge in [-0.15, -0.1) is 0 Å². The third kappa shape index (κ3) is 4.55. The number of fused-ring (bicyclic) bond motifs is 1. The predicted molar refractivity (Wildman–Crippen MR) is 122 cm³/mol. The molecular formula is C24H22ClN3O3. The number of ether oxygens (including phenoxy) is 2. The standard InChI is InChI=1S/C24H22ClN3O3/c1-30-20-12-18-19(13-21(20)31-2)27-22(28-24(18)29)14-26-23(15-6-4-3-5-7-15)16-8-10-17(25)11-9-16/h3-13,23,26H,14H2,1-2H3,(H,27,28,29). The van der Waals surface area contributed by atoms with Crippen molar-refractivity contribution >= 4 is 22.5 Å². The van der Waals surface area contributed by atoms with Crippen molar-refractivity contribution in [1.82, 2.24) is 15.3 Å². The summed E-state index contributed by atoms with van der Waals surface area (Å²) in [6, 6.07) is 21.0. The zero-order valence-electron chi connectivity index (χ0n) is 17.2. The molecule has 1 heterocycles. The van der Waals surface area contributed by atoms with Crippen molar-refractivity contribution in [1.29, 1.82) is 0 Å². The Hall–Kier alpha value is -3.35. The lowest BCUT2D eigenvalue weighted by molar-refractivity contribution is 0.355. The highest BCUT2D eigenvalue weighted by atomic mass is 35.5. The van der Waals surface area contributed by atoms with E-state index in [9.17, 15) is 4.79 Å². The second kappa shape index (κ2) is 9.20. The number of aromatic nitrogens is 2. The van der Waals surface area contributed by atoms with Gasteiger partial charge in [0.1, 0.15) is 5.82 Å². The van der Waals surface area contributed by atoms with Crippen molar-refractivity contribution in [2.24, 2.45) is 0 Å². The van der Waals surface area contributed by atoms with E-state index in [1.54, 1.807) is 19.2 Å². The highest BCUT2D eigenvalue weighted by Crippen LogP contribution is 2.30. The van der Waals surface area contributed by atoms with Gasteiger partial charge >= 0.3 is 0 Å². The molecule has 0 saturated heterocycles. The molecule has 31 heavy (non-hydrogen) atoms. The van der Waals surface area contributed by atoms with E-state index in [2.05, 4.69) is 27.4 Å². The van der Waals surface area contributed by atoms with E-state index < -0.39 is 0 Å². The largest absolute Gasteiger partial charge is 0.493 e. The minimum absolute atomic E-state index is 0.0927. The molecule has 2 N–H and O–H groups in total. The van der Waals surface area contributed by atoms with Gasteiger partial charge in [0.25, 0.3) is 5.56 Å². The van der Waals surface area contributed by atoms with Crippen molar-refractivity contribution < 1.29 is 9.47 Å². The van der Waals surface area contributed by atoms with E-state index in [1.807, 2.05) is 42.5 Å². The molecular weight excluding hydrogens is 414 g/mol. The fourth-order valence-corrected chi connectivity index (χ4v) is 3.65. The maximum Gasteiger partial charge on any atom is 0.258 e. The lowest BCUT2D eigenvalue weighted by Gasteiger charge is -2.20. The van der Waals surface area contributed by atoms with E-state index in [-0.39, 0.29) is 11.6 Å². The Morgan fingerprint density at radius 2 is 1.61 bits per heavy atom. The summed E-state index contributed by atoms with van der Waals surface area (Å²) in [5.41, 5.74) is 2.47. The van der Waals surface area contributed by atoms with Gasteiger partial charge in [-0.1, -0.05) is 54.1 Å². The van der Waals surface area contributed by atoms with Crippen LogP contribution >= 0.6 is 11.6 Å². The molecule has 0 aliphatic rings. The summed E-state index contributed by atoms with van der Waals surface area (Å²) < 4.78 is 10.6. The van der Waals surface area contributed by atoms with Crippen LogP contribution in [0.2, 0.25) is 5.02 Å². The first-order valence-electron chi connectivity index (χ1n) is 9.77. The smallest absolute Gasteiger partial charge is 0.258 e. The monoisotopic (exact) mass is 435 g/mol. The van der Waals surface area contributed by atoms with Gasteiger partial charge in [0.15, 0.2) is 11.5 Å². The minimum Gasteiger partial charge on any atom is -0.493 e. The predicted octanol–water partition coefficient (Wildman–Crippen LogP) is 4.47. The summed E-state index contributed by atoms with van der Waals surface area (Å²) in [6.07, 6.45) is 0. The molecule has 1 unspecified atom stereocenters. The van der Waals surface area contributed by atoms with Crippen LogP contribution in [0, 0.1) is 0 Å². The zero-order chi connectivity index (χ0) is 21.8. The van der Waals surface area contributed by atoms with Gasteiger partial charge in [0.2, 0.25) is 0 Å². The molecule has 0 saturated carbocycles. The number of nitrogens with one attached hydrogen (secondary N) is 2. The first kappa shape index (κ1) is 20.9. The van der Waals surface area contributed by atoms with E-state index in [4.69, 9.17) is 21.1 Å². The molecule has 4 rings (SSSR count). The van der Waals surface area contributed by atoms with Crippen LogP contribution in [0.25, 0.3) is 10.9 Å². The Balaban J connectivity index is 1.66. The Labute approximate surface area is 184 Å². The van der Waals surface area contributed by atoms with Crippen LogP contribution in [0.4, 0.5) is 0 Å². The van der Waals surface area contributed by atoms with Crippen LogP contribution in [0.3, 0.4) is 0 Å². The third-order valence-corrected chi connectivity index (χ3v) is 5.32. The summed E-state index contributed by atoms with van der Waals surface area (Å²) in [5, 5.41) is 4.62. The minimum atomic E-state index is -0.231. The zero-order valence-corrected chi connectivity index (χ0v) is 17.9. The Morgan fingerprint density at radius 3 is 2.29 bits per heavy atom. The second-order valence-electron chi connectivity index (χ2n) is 7.01. The molecule has 0 radical (unpaired) electrons. The molecule has 0 fully saturated rings. The van der Waals surface area contributed by atoms with Gasteiger partial charge in [0, 0.05) is 11.1 Å². The fourth-order valence-electron chi connectivity index (χ4n) is 3.53. The van der Waals surface area contributed by atoms with Crippen LogP contribution in [-0.4, -0.2) is 24.2 Å². The molecule has 1 aromatic heterocycles. The number of aromatic amines is 1. The van der Waals surface area contributed by atoms with Gasteiger partial charge in [-0.05, 0) is 29.3 Å². The first-order chi connectivity index (χ1) is 15.1. The summed E-state index contributed by atoms with van der Waals surface area (Å²) in [4.78, 5) is 20.1. The molecule has 3 aromatic carbocycles. The van der Waals surface area contributed by atoms with Crippen molar-refractivity contribution in [3.8, 4) is 11.5 Å². The average Bonchev–Trinajstić information content (AvgIpc) is 2.80. The molecule has 0 amide bonds. The number of benzene rings is 3. The Kier molecular flexibility index (Phi) is 6.21. The highest BCUT2D eigenvalue weighted by molar-refractivity contribution is 6.30. The van der Waals surface area contributed by atoms with Crippen LogP contribution in [-0.2, 0) is 6.54 Å². The average molecular weight is 436 g/mol. The molecule has 158 valence electrons. The lowest BCUT2D eigenvalue weighted by Crippen LogP contribution is -2.25. The number of rotatable bonds is 7. The van der Waals surface area contributed by atoms with Crippen LogP contribution in [0.1, 0.15) is 23.0 Å². The summed E-state index contributed by atoms with van der Waals surface area (Å²) in [5.74, 6) is 1.54. The normalized spacial score (nSPS) is 12.0. The van der Waals surface area contributed by atoms with E-state index in [1.165, 1.54) is 7.11 Å². The van der Waals surface area contributed by atoms with Crippen molar-refractivity contribution in [3.05, 3.63) is 99.1 Å². The maximum absolute atomic E-state index is 12.7. The number of methoxy groups -OCH3 is 2.